The molecule has 0 atom stereocenters. The molecule has 6 radical (unpaired) electrons. The van der Waals surface area contributed by atoms with E-state index >= 15 is 0 Å². The topological polar surface area (TPSA) is 230 Å². The molecule has 0 aromatic rings. The fourth-order valence-electron chi connectivity index (χ4n) is 1.48. The van der Waals surface area contributed by atoms with Gasteiger partial charge in [-0.15, -0.1) is 0 Å². The maximum absolute atomic E-state index is 10.1. The normalized spacial score (nSPS) is 8.60. The number of carboxylic acid groups (broad SMARTS) is 6. The van der Waals surface area contributed by atoms with Crippen molar-refractivity contribution in [2.24, 2.45) is 0 Å². The fourth-order valence-corrected chi connectivity index (χ4v) is 1.48. The summed E-state index contributed by atoms with van der Waals surface area (Å²) in [4.78, 5) is 62.5. The molecule has 0 aliphatic carbocycles. The van der Waals surface area contributed by atoms with Crippen LogP contribution in [0.1, 0.15) is 1.43 Å². The van der Waals surface area contributed by atoms with E-state index in [0.29, 0.717) is 0 Å². The maximum atomic E-state index is 10.1. The summed E-state index contributed by atoms with van der Waals surface area (Å²) in [5.74, 6) is -7.57. The average Bonchev–Trinajstić information content (AvgIpc) is 2.33. The molecule has 0 fully saturated rings. The fraction of sp³-hybridized carbons (Fsp3) is 0.500. The van der Waals surface area contributed by atoms with Crippen LogP contribution in [0.25, 0.3) is 0 Å². The van der Waals surface area contributed by atoms with Gasteiger partial charge in [0.25, 0.3) is 0 Å². The van der Waals surface area contributed by atoms with Crippen LogP contribution in [0.3, 0.4) is 0 Å². The number of rotatable bonds is 12. The van der Waals surface area contributed by atoms with Gasteiger partial charge in [0.2, 0.25) is 0 Å². The first-order chi connectivity index (χ1) is 11.8. The zero-order valence-electron chi connectivity index (χ0n) is 17.4. The second-order valence-electron chi connectivity index (χ2n) is 4.65. The van der Waals surface area contributed by atoms with Gasteiger partial charge in [0.05, 0.1) is 39.3 Å². The van der Waals surface area contributed by atoms with Crippen LogP contribution in [-0.4, -0.2) is 187 Å². The number of hydrogen-bond donors (Lipinski definition) is 6. The first kappa shape index (κ1) is 43.9. The summed E-state index contributed by atoms with van der Waals surface area (Å²) in [7, 11) is 0. The van der Waals surface area contributed by atoms with Gasteiger partial charge in [-0.25, -0.2) is 0 Å². The van der Waals surface area contributed by atoms with Gasteiger partial charge in [0.1, 0.15) is 0 Å². The first-order valence-corrected chi connectivity index (χ1v) is 6.59. The van der Waals surface area contributed by atoms with E-state index in [9.17, 15) is 28.8 Å². The van der Waals surface area contributed by atoms with E-state index in [1.54, 1.807) is 0 Å². The summed E-state index contributed by atoms with van der Waals surface area (Å²) < 4.78 is 0. The molecule has 14 nitrogen and oxygen atoms in total. The Morgan fingerprint density at radius 1 is 0.433 bits per heavy atom. The van der Waals surface area contributed by atoms with E-state index in [4.69, 9.17) is 30.6 Å². The van der Waals surface area contributed by atoms with E-state index < -0.39 is 75.1 Å². The van der Waals surface area contributed by atoms with Crippen LogP contribution in [-0.2, 0) is 28.8 Å². The number of nitrogens with zero attached hydrogens (tertiary/aromatic N) is 2. The molecule has 6 N–H and O–H groups in total. The van der Waals surface area contributed by atoms with Crippen molar-refractivity contribution in [3.05, 3.63) is 0 Å². The predicted molar refractivity (Wildman–Crippen MR) is 105 cm³/mol. The Morgan fingerprint density at radius 3 is 0.600 bits per heavy atom. The molecule has 0 amide bonds. The van der Waals surface area contributed by atoms with E-state index in [1.807, 2.05) is 0 Å². The van der Waals surface area contributed by atoms with Crippen molar-refractivity contribution in [2.45, 2.75) is 0 Å². The molecule has 18 heteroatoms. The Kier molecular flexibility index (Phi) is 37.2. The van der Waals surface area contributed by atoms with Crippen LogP contribution in [0, 0.1) is 0 Å². The van der Waals surface area contributed by atoms with Crippen molar-refractivity contribution in [3.8, 4) is 0 Å². The van der Waals surface area contributed by atoms with Crippen LogP contribution in [0.4, 0.5) is 0 Å². The van der Waals surface area contributed by atoms with Crippen LogP contribution in [0.5, 0.6) is 0 Å². The molecule has 0 aromatic carbocycles. The van der Waals surface area contributed by atoms with E-state index in [2.05, 4.69) is 0 Å². The quantitative estimate of drug-likeness (QED) is 0.101. The predicted octanol–water partition coefficient (Wildman–Crippen LogP) is -8.55. The van der Waals surface area contributed by atoms with Crippen LogP contribution < -0.4 is 29.6 Å². The zero-order valence-corrected chi connectivity index (χ0v) is 30.5. The third-order valence-electron chi connectivity index (χ3n) is 2.15. The summed E-state index contributed by atoms with van der Waals surface area (Å²) in [5.41, 5.74) is 0. The van der Waals surface area contributed by atoms with Gasteiger partial charge in [-0.1, -0.05) is 0 Å². The Labute approximate surface area is 244 Å². The van der Waals surface area contributed by atoms with Gasteiger partial charge in [0.15, 0.2) is 0 Å². The van der Waals surface area contributed by atoms with Crippen LogP contribution >= 0.6 is 0 Å². The molecule has 0 heterocycles. The zero-order chi connectivity index (χ0) is 20.9. The summed E-state index contributed by atoms with van der Waals surface area (Å²) in [6.07, 6.45) is 0. The van der Waals surface area contributed by atoms with Crippen molar-refractivity contribution in [2.75, 3.05) is 39.3 Å². The number of carbonyl (C=O) groups is 6. The molecule has 0 unspecified atom stereocenters. The third kappa shape index (κ3) is 35.6. The molecular weight excluding hydrogens is 743 g/mol. The van der Waals surface area contributed by atoms with Gasteiger partial charge >= 0.3 is 137 Å². The number of aliphatic carboxylic acids is 6. The second kappa shape index (κ2) is 25.4. The molecule has 0 aromatic heterocycles. The Bertz CT molecular complexity index is 449. The monoisotopic (exact) mass is 772 g/mol. The summed E-state index contributed by atoms with van der Waals surface area (Å²) in [6.45, 7) is -3.59. The molecule has 0 rings (SSSR count). The molecule has 30 heavy (non-hydrogen) atoms. The van der Waals surface area contributed by atoms with Crippen molar-refractivity contribution < 1.29 is 90.4 Å². The standard InChI is InChI=1S/2C6H9NO6.Na.3Sn.7H/c2*8-4(9)1-7(2-5(10)11)3-6(12)13;;;;;;;;;;;/h2*1-3H2,(H,8,9)(H,10,11)(H,12,13);;;;;;;;;;;/q;;+1;;;;;;;;;;-1. The van der Waals surface area contributed by atoms with Crippen molar-refractivity contribution >= 4 is 108 Å². The molecule has 0 bridgehead atoms. The molecule has 0 saturated carbocycles. The molecule has 0 aliphatic heterocycles. The van der Waals surface area contributed by atoms with Gasteiger partial charge in [-0.2, -0.15) is 0 Å². The third-order valence-corrected chi connectivity index (χ3v) is 2.15. The first-order valence-electron chi connectivity index (χ1n) is 6.59. The van der Waals surface area contributed by atoms with Gasteiger partial charge in [-0.05, 0) is 0 Å². The van der Waals surface area contributed by atoms with Gasteiger partial charge < -0.3 is 32.1 Å². The van der Waals surface area contributed by atoms with E-state index in [0.717, 1.165) is 9.80 Å². The van der Waals surface area contributed by atoms with Gasteiger partial charge in [0, 0.05) is 0 Å². The van der Waals surface area contributed by atoms with E-state index in [1.165, 1.54) is 0 Å². The molecular formula is C12H25N2NaO12Sn3. The van der Waals surface area contributed by atoms with Crippen molar-refractivity contribution in [1.82, 2.24) is 9.80 Å². The Hall–Kier alpha value is 0.136. The van der Waals surface area contributed by atoms with Crippen LogP contribution in [0.15, 0.2) is 0 Å². The molecule has 0 saturated heterocycles. The SMILES string of the molecule is O=C(O)CN(CC(=O)O)CC(=O)O.O=C(O)CN(CC(=O)O)CC(=O)O.[H-].[Na+].[SnH2].[SnH2].[SnH2]. The van der Waals surface area contributed by atoms with Crippen LogP contribution in [0.2, 0.25) is 0 Å². The second-order valence-corrected chi connectivity index (χ2v) is 4.65. The molecule has 0 spiro atoms. The minimum atomic E-state index is -1.26. The molecule has 168 valence electrons. The Morgan fingerprint density at radius 2 is 0.533 bits per heavy atom. The summed E-state index contributed by atoms with van der Waals surface area (Å²) in [5, 5.41) is 49.7. The summed E-state index contributed by atoms with van der Waals surface area (Å²) in [6, 6.07) is 0. The number of carboxylic acids is 6. The Balaban J connectivity index is -0.0000000640. The van der Waals surface area contributed by atoms with Crippen molar-refractivity contribution in [3.63, 3.8) is 0 Å². The summed E-state index contributed by atoms with van der Waals surface area (Å²) >= 11 is 0. The van der Waals surface area contributed by atoms with E-state index in [-0.39, 0.29) is 103 Å². The van der Waals surface area contributed by atoms with Crippen molar-refractivity contribution in [1.29, 1.82) is 0 Å². The van der Waals surface area contributed by atoms with Gasteiger partial charge in [-0.3, -0.25) is 38.6 Å². The minimum absolute atomic E-state index is 0. The molecule has 0 aliphatic rings. The average molecular weight is 768 g/mol. The number of hydrogen-bond acceptors (Lipinski definition) is 8.